The van der Waals surface area contributed by atoms with E-state index >= 15 is 0 Å². The Labute approximate surface area is 153 Å². The van der Waals surface area contributed by atoms with Crippen LogP contribution < -0.4 is 5.32 Å². The van der Waals surface area contributed by atoms with Crippen molar-refractivity contribution in [1.82, 2.24) is 14.8 Å². The molecule has 1 aromatic carbocycles. The largest absolute Gasteiger partial charge is 0.508 e. The number of hydrogen-bond acceptors (Lipinski definition) is 6. The molecule has 26 heavy (non-hydrogen) atoms. The Bertz CT molecular complexity index is 1020. The number of phenolic OH excluding ortho intramolecular Hbond substituents is 1. The van der Waals surface area contributed by atoms with E-state index in [1.54, 1.807) is 34.2 Å². The molecule has 3 heterocycles. The zero-order valence-corrected chi connectivity index (χ0v) is 14.6. The highest BCUT2D eigenvalue weighted by atomic mass is 32.1. The molecular formula is C19H16N4O2S. The van der Waals surface area contributed by atoms with Crippen LogP contribution in [0.5, 0.6) is 5.75 Å². The van der Waals surface area contributed by atoms with Crippen molar-refractivity contribution in [3.63, 3.8) is 0 Å². The molecule has 1 aliphatic heterocycles. The van der Waals surface area contributed by atoms with Gasteiger partial charge in [0.1, 0.15) is 18.1 Å². The minimum Gasteiger partial charge on any atom is -0.508 e. The van der Waals surface area contributed by atoms with Gasteiger partial charge in [0, 0.05) is 28.5 Å². The summed E-state index contributed by atoms with van der Waals surface area (Å²) in [6, 6.07) is 10.7. The number of hydrogen-bond donors (Lipinski definition) is 2. The molecule has 0 radical (unpaired) electrons. The Balaban J connectivity index is 1.63. The molecule has 0 saturated carbocycles. The molecule has 6 nitrogen and oxygen atoms in total. The molecule has 2 aliphatic rings. The molecule has 2 aromatic heterocycles. The van der Waals surface area contributed by atoms with Gasteiger partial charge in [0.25, 0.3) is 0 Å². The molecule has 0 amide bonds. The third-order valence-corrected chi connectivity index (χ3v) is 6.03. The standard InChI is InChI=1S/C19H16N4O2S/c24-13-4-1-3-11(7-13)18-17-14(22-19-20-10-21-23(18)19)8-12(9-15(17)25)16-5-2-6-26-16/h1-7,10,12,18,24H,8-9H2,(H,20,21,22)/t12-,18-/m1/s1. The van der Waals surface area contributed by atoms with Crippen LogP contribution in [0.3, 0.4) is 0 Å². The molecule has 0 fully saturated rings. The zero-order valence-electron chi connectivity index (χ0n) is 13.8. The first kappa shape index (κ1) is 15.3. The maximum atomic E-state index is 13.1. The molecule has 0 saturated heterocycles. The number of fused-ring (bicyclic) bond motifs is 1. The summed E-state index contributed by atoms with van der Waals surface area (Å²) in [5.74, 6) is 1.10. The molecule has 7 heteroatoms. The first-order valence-corrected chi connectivity index (χ1v) is 9.34. The van der Waals surface area contributed by atoms with E-state index in [9.17, 15) is 9.90 Å². The van der Waals surface area contributed by atoms with E-state index in [1.165, 1.54) is 11.2 Å². The lowest BCUT2D eigenvalue weighted by Crippen LogP contribution is -2.33. The quantitative estimate of drug-likeness (QED) is 0.728. The smallest absolute Gasteiger partial charge is 0.226 e. The topological polar surface area (TPSA) is 80.0 Å². The summed E-state index contributed by atoms with van der Waals surface area (Å²) in [6.45, 7) is 0. The van der Waals surface area contributed by atoms with Gasteiger partial charge in [-0.05, 0) is 35.6 Å². The van der Waals surface area contributed by atoms with Crippen LogP contribution in [0.4, 0.5) is 5.95 Å². The van der Waals surface area contributed by atoms with Gasteiger partial charge >= 0.3 is 0 Å². The number of nitrogens with one attached hydrogen (secondary N) is 1. The number of aromatic hydroxyl groups is 1. The van der Waals surface area contributed by atoms with Crippen LogP contribution in [-0.2, 0) is 4.79 Å². The number of ketones is 1. The number of phenols is 1. The number of benzene rings is 1. The van der Waals surface area contributed by atoms with Crippen LogP contribution in [0.25, 0.3) is 0 Å². The summed E-state index contributed by atoms with van der Waals surface area (Å²) >= 11 is 1.69. The van der Waals surface area contributed by atoms with Crippen molar-refractivity contribution in [1.29, 1.82) is 0 Å². The van der Waals surface area contributed by atoms with Crippen molar-refractivity contribution in [2.75, 3.05) is 5.32 Å². The van der Waals surface area contributed by atoms with E-state index < -0.39 is 0 Å². The highest BCUT2D eigenvalue weighted by Gasteiger charge is 2.39. The van der Waals surface area contributed by atoms with Crippen molar-refractivity contribution in [3.05, 3.63) is 69.8 Å². The maximum absolute atomic E-state index is 13.1. The molecule has 0 bridgehead atoms. The van der Waals surface area contributed by atoms with Crippen molar-refractivity contribution in [2.24, 2.45) is 0 Å². The van der Waals surface area contributed by atoms with Gasteiger partial charge in [0.05, 0.1) is 0 Å². The second kappa shape index (κ2) is 5.81. The van der Waals surface area contributed by atoms with Crippen LogP contribution >= 0.6 is 11.3 Å². The molecule has 1 aliphatic carbocycles. The third-order valence-electron chi connectivity index (χ3n) is 4.99. The van der Waals surface area contributed by atoms with Gasteiger partial charge in [0.15, 0.2) is 5.78 Å². The predicted molar refractivity (Wildman–Crippen MR) is 98.2 cm³/mol. The molecular weight excluding hydrogens is 348 g/mol. The average molecular weight is 364 g/mol. The van der Waals surface area contributed by atoms with Crippen LogP contribution in [0.15, 0.2) is 59.4 Å². The van der Waals surface area contributed by atoms with Crippen LogP contribution in [0.1, 0.15) is 35.2 Å². The predicted octanol–water partition coefficient (Wildman–Crippen LogP) is 3.46. The van der Waals surface area contributed by atoms with Gasteiger partial charge in [-0.15, -0.1) is 11.3 Å². The van der Waals surface area contributed by atoms with Gasteiger partial charge < -0.3 is 10.4 Å². The Morgan fingerprint density at radius 3 is 2.96 bits per heavy atom. The fourth-order valence-electron chi connectivity index (χ4n) is 3.88. The summed E-state index contributed by atoms with van der Waals surface area (Å²) in [7, 11) is 0. The lowest BCUT2D eigenvalue weighted by molar-refractivity contribution is -0.116. The van der Waals surface area contributed by atoms with Gasteiger partial charge in [-0.25, -0.2) is 4.68 Å². The Hall–Kier alpha value is -2.93. The van der Waals surface area contributed by atoms with Gasteiger partial charge in [-0.3, -0.25) is 4.79 Å². The minimum atomic E-state index is -0.368. The lowest BCUT2D eigenvalue weighted by atomic mass is 9.80. The molecule has 5 rings (SSSR count). The van der Waals surface area contributed by atoms with Gasteiger partial charge in [-0.2, -0.15) is 10.1 Å². The highest BCUT2D eigenvalue weighted by Crippen LogP contribution is 2.44. The van der Waals surface area contributed by atoms with Crippen molar-refractivity contribution in [2.45, 2.75) is 24.8 Å². The first-order chi connectivity index (χ1) is 12.7. The summed E-state index contributed by atoms with van der Waals surface area (Å²) in [5.41, 5.74) is 2.46. The number of allylic oxidation sites excluding steroid dienone is 2. The normalized spacial score (nSPS) is 21.9. The zero-order chi connectivity index (χ0) is 17.7. The van der Waals surface area contributed by atoms with E-state index in [1.807, 2.05) is 17.5 Å². The summed E-state index contributed by atoms with van der Waals surface area (Å²) in [5, 5.41) is 19.6. The molecule has 2 atom stereocenters. The molecule has 2 N–H and O–H groups in total. The van der Waals surface area contributed by atoms with Gasteiger partial charge in [-0.1, -0.05) is 18.2 Å². The van der Waals surface area contributed by atoms with E-state index in [0.29, 0.717) is 12.4 Å². The number of carbonyl (C=O) groups excluding carboxylic acids is 1. The number of aromatic nitrogens is 3. The number of anilines is 1. The van der Waals surface area contributed by atoms with E-state index in [2.05, 4.69) is 21.5 Å². The number of carbonyl (C=O) groups is 1. The summed E-state index contributed by atoms with van der Waals surface area (Å²) < 4.78 is 1.72. The fourth-order valence-corrected chi connectivity index (χ4v) is 4.71. The second-order valence-corrected chi connectivity index (χ2v) is 7.57. The Morgan fingerprint density at radius 2 is 2.15 bits per heavy atom. The molecule has 130 valence electrons. The summed E-state index contributed by atoms with van der Waals surface area (Å²) in [4.78, 5) is 18.6. The Morgan fingerprint density at radius 1 is 1.23 bits per heavy atom. The number of rotatable bonds is 2. The van der Waals surface area contributed by atoms with E-state index in [-0.39, 0.29) is 23.5 Å². The fraction of sp³-hybridized carbons (Fsp3) is 0.211. The molecule has 3 aromatic rings. The lowest BCUT2D eigenvalue weighted by Gasteiger charge is -2.34. The van der Waals surface area contributed by atoms with E-state index in [0.717, 1.165) is 23.3 Å². The van der Waals surface area contributed by atoms with Crippen molar-refractivity contribution >= 4 is 23.1 Å². The Kier molecular flexibility index (Phi) is 3.43. The number of Topliss-reactive ketones (excluding diaryl/α,β-unsaturated/α-hetero) is 1. The maximum Gasteiger partial charge on any atom is 0.226 e. The monoisotopic (exact) mass is 364 g/mol. The SMILES string of the molecule is O=C1C[C@H](c2cccs2)CC2=C1[C@@H](c1cccc(O)c1)n1ncnc1N2. The van der Waals surface area contributed by atoms with Crippen LogP contribution in [-0.4, -0.2) is 25.7 Å². The minimum absolute atomic E-state index is 0.117. The number of thiophene rings is 1. The van der Waals surface area contributed by atoms with Crippen molar-refractivity contribution in [3.8, 4) is 5.75 Å². The summed E-state index contributed by atoms with van der Waals surface area (Å²) in [6.07, 6.45) is 2.74. The van der Waals surface area contributed by atoms with E-state index in [4.69, 9.17) is 0 Å². The molecule has 0 unspecified atom stereocenters. The molecule has 0 spiro atoms. The van der Waals surface area contributed by atoms with Crippen LogP contribution in [0, 0.1) is 0 Å². The highest BCUT2D eigenvalue weighted by molar-refractivity contribution is 7.10. The third kappa shape index (κ3) is 2.35. The number of nitrogens with zero attached hydrogens (tertiary/aromatic N) is 3. The average Bonchev–Trinajstić information content (AvgIpc) is 3.31. The first-order valence-electron chi connectivity index (χ1n) is 8.46. The van der Waals surface area contributed by atoms with Crippen LogP contribution in [0.2, 0.25) is 0 Å². The second-order valence-electron chi connectivity index (χ2n) is 6.59. The van der Waals surface area contributed by atoms with Gasteiger partial charge in [0.2, 0.25) is 5.95 Å². The van der Waals surface area contributed by atoms with Crippen molar-refractivity contribution < 1.29 is 9.90 Å².